The third kappa shape index (κ3) is 3.07. The lowest BCUT2D eigenvalue weighted by atomic mass is 10.3. The molecular weight excluding hydrogens is 402 g/mol. The normalized spacial score (nSPS) is 14.5. The number of cyclic esters (lactones) is 1. The standard InChI is InChI=1S/C21H20N5O5/c1-30-21(29)26-16-8-10-23-12-17(16)25(19(26)27)13-18-22-14-6-2-3-7-15(14)24(18)9-4-5-11-31-20(23)28/h2-3,6-8,10,12H,4-5,9,11,13H2,1H3/q+1. The van der Waals surface area contributed by atoms with Gasteiger partial charge in [0.15, 0.2) is 6.20 Å². The molecule has 2 bridgehead atoms. The Balaban J connectivity index is 1.78. The average molecular weight is 422 g/mol. The molecule has 10 heteroatoms. The maximum atomic E-state index is 13.2. The fourth-order valence-corrected chi connectivity index (χ4v) is 3.98. The van der Waals surface area contributed by atoms with Crippen LogP contribution in [0.3, 0.4) is 0 Å². The molecule has 5 rings (SSSR count). The van der Waals surface area contributed by atoms with Gasteiger partial charge in [0.25, 0.3) is 0 Å². The zero-order valence-corrected chi connectivity index (χ0v) is 16.9. The second-order valence-electron chi connectivity index (χ2n) is 7.29. The number of hydrogen-bond donors (Lipinski definition) is 0. The number of carbonyl (C=O) groups is 2. The molecule has 0 spiro atoms. The number of aromatic nitrogens is 5. The van der Waals surface area contributed by atoms with E-state index >= 15 is 0 Å². The lowest BCUT2D eigenvalue weighted by Crippen LogP contribution is -2.43. The van der Waals surface area contributed by atoms with Crippen molar-refractivity contribution >= 4 is 34.3 Å². The largest absolute Gasteiger partial charge is 0.602 e. The van der Waals surface area contributed by atoms with Crippen LogP contribution < -0.4 is 10.3 Å². The van der Waals surface area contributed by atoms with E-state index in [-0.39, 0.29) is 13.2 Å². The van der Waals surface area contributed by atoms with E-state index < -0.39 is 17.9 Å². The molecule has 0 saturated heterocycles. The molecule has 0 amide bonds. The van der Waals surface area contributed by atoms with E-state index in [2.05, 4.69) is 4.57 Å². The van der Waals surface area contributed by atoms with E-state index in [0.29, 0.717) is 29.8 Å². The molecule has 0 aliphatic carbocycles. The summed E-state index contributed by atoms with van der Waals surface area (Å²) in [4.78, 5) is 42.7. The second-order valence-corrected chi connectivity index (χ2v) is 7.29. The molecule has 1 aliphatic rings. The van der Waals surface area contributed by atoms with Crippen LogP contribution in [-0.4, -0.2) is 44.6 Å². The molecule has 0 N–H and O–H groups in total. The zero-order chi connectivity index (χ0) is 21.5. The van der Waals surface area contributed by atoms with Crippen molar-refractivity contribution in [2.45, 2.75) is 25.9 Å². The Morgan fingerprint density at radius 3 is 2.77 bits per heavy atom. The highest BCUT2D eigenvalue weighted by Crippen LogP contribution is 2.20. The number of rotatable bonds is 0. The number of benzene rings is 1. The van der Waals surface area contributed by atoms with Crippen molar-refractivity contribution < 1.29 is 23.6 Å². The summed E-state index contributed by atoms with van der Waals surface area (Å²) in [6.07, 6.45) is 3.07. The van der Waals surface area contributed by atoms with Gasteiger partial charge in [0.05, 0.1) is 36.8 Å². The van der Waals surface area contributed by atoms with Crippen molar-refractivity contribution in [3.63, 3.8) is 0 Å². The third-order valence-corrected chi connectivity index (χ3v) is 5.47. The van der Waals surface area contributed by atoms with Crippen LogP contribution >= 0.6 is 0 Å². The minimum absolute atomic E-state index is 0.132. The van der Waals surface area contributed by atoms with Crippen molar-refractivity contribution in [2.75, 3.05) is 13.7 Å². The molecule has 4 heterocycles. The molecule has 1 aliphatic heterocycles. The van der Waals surface area contributed by atoms with Gasteiger partial charge in [-0.05, 0) is 25.0 Å². The van der Waals surface area contributed by atoms with Crippen LogP contribution in [0.1, 0.15) is 18.7 Å². The summed E-state index contributed by atoms with van der Waals surface area (Å²) < 4.78 is 15.9. The Labute approximate surface area is 175 Å². The molecule has 0 unspecified atom stereocenters. The van der Waals surface area contributed by atoms with E-state index in [1.165, 1.54) is 34.7 Å². The summed E-state index contributed by atoms with van der Waals surface area (Å²) in [5, 5.41) is 0. The number of fused-ring (bicyclic) bond motifs is 4. The summed E-state index contributed by atoms with van der Waals surface area (Å²) in [6, 6.07) is 9.29. The van der Waals surface area contributed by atoms with E-state index in [1.807, 2.05) is 24.3 Å². The number of para-hydroxylation sites is 2. The van der Waals surface area contributed by atoms with E-state index in [9.17, 15) is 14.4 Å². The van der Waals surface area contributed by atoms with Crippen molar-refractivity contribution in [3.05, 3.63) is 59.0 Å². The predicted molar refractivity (Wildman–Crippen MR) is 109 cm³/mol. The van der Waals surface area contributed by atoms with Crippen LogP contribution in [0, 0.1) is 0 Å². The SMILES string of the molecule is COC(=O)n1c(=O)n2c3c[n+](ccc31)C(=O)OCCCCn1c(nc3ccccc31)C2. The first kappa shape index (κ1) is 19.0. The molecule has 1 aromatic carbocycles. The number of imidazole rings is 2. The van der Waals surface area contributed by atoms with Crippen molar-refractivity contribution in [1.29, 1.82) is 0 Å². The number of ether oxygens (including phenoxy) is 2. The van der Waals surface area contributed by atoms with Gasteiger partial charge >= 0.3 is 17.9 Å². The summed E-state index contributed by atoms with van der Waals surface area (Å²) >= 11 is 0. The van der Waals surface area contributed by atoms with Crippen LogP contribution in [-0.2, 0) is 22.6 Å². The summed E-state index contributed by atoms with van der Waals surface area (Å²) in [6.45, 7) is 1.07. The number of carbonyl (C=O) groups excluding carboxylic acids is 2. The van der Waals surface area contributed by atoms with E-state index in [4.69, 9.17) is 14.5 Å². The van der Waals surface area contributed by atoms with Gasteiger partial charge in [0.1, 0.15) is 11.3 Å². The van der Waals surface area contributed by atoms with Gasteiger partial charge in [-0.15, -0.1) is 0 Å². The van der Waals surface area contributed by atoms with E-state index in [0.717, 1.165) is 22.0 Å². The molecular formula is C21H20N5O5+. The molecule has 31 heavy (non-hydrogen) atoms. The van der Waals surface area contributed by atoms with Crippen molar-refractivity contribution in [1.82, 2.24) is 18.7 Å². The van der Waals surface area contributed by atoms with Gasteiger partial charge in [-0.1, -0.05) is 16.7 Å². The fourth-order valence-electron chi connectivity index (χ4n) is 3.98. The summed E-state index contributed by atoms with van der Waals surface area (Å²) in [5.41, 5.74) is 1.95. The lowest BCUT2D eigenvalue weighted by Gasteiger charge is -2.09. The van der Waals surface area contributed by atoms with Gasteiger partial charge in [0, 0.05) is 12.6 Å². The highest BCUT2D eigenvalue weighted by atomic mass is 16.5. The fraction of sp³-hybridized carbons (Fsp3) is 0.286. The lowest BCUT2D eigenvalue weighted by molar-refractivity contribution is -0.584. The number of nitrogens with zero attached hydrogens (tertiary/aromatic N) is 5. The first-order chi connectivity index (χ1) is 15.1. The molecule has 0 radical (unpaired) electrons. The third-order valence-electron chi connectivity index (χ3n) is 5.47. The van der Waals surface area contributed by atoms with Crippen molar-refractivity contribution in [2.24, 2.45) is 0 Å². The Morgan fingerprint density at radius 1 is 1.10 bits per heavy atom. The smallest absolute Gasteiger partial charge is 0.452 e. The highest BCUT2D eigenvalue weighted by molar-refractivity contribution is 5.86. The van der Waals surface area contributed by atoms with E-state index in [1.54, 1.807) is 0 Å². The minimum Gasteiger partial charge on any atom is -0.452 e. The van der Waals surface area contributed by atoms with Crippen LogP contribution in [0.15, 0.2) is 47.5 Å². The van der Waals surface area contributed by atoms with Crippen LogP contribution in [0.25, 0.3) is 22.1 Å². The van der Waals surface area contributed by atoms with Gasteiger partial charge in [0.2, 0.25) is 6.20 Å². The highest BCUT2D eigenvalue weighted by Gasteiger charge is 2.26. The minimum atomic E-state index is -0.802. The molecule has 0 atom stereocenters. The quantitative estimate of drug-likeness (QED) is 0.401. The molecule has 0 saturated carbocycles. The number of aryl methyl sites for hydroxylation is 1. The van der Waals surface area contributed by atoms with Gasteiger partial charge in [-0.2, -0.15) is 9.36 Å². The Morgan fingerprint density at radius 2 is 1.94 bits per heavy atom. The van der Waals surface area contributed by atoms with Gasteiger partial charge in [-0.3, -0.25) is 4.57 Å². The van der Waals surface area contributed by atoms with Gasteiger partial charge in [-0.25, -0.2) is 14.6 Å². The maximum Gasteiger partial charge on any atom is 0.602 e. The number of hydrogen-bond acceptors (Lipinski definition) is 6. The molecule has 10 nitrogen and oxygen atoms in total. The summed E-state index contributed by atoms with van der Waals surface area (Å²) in [7, 11) is 1.21. The molecule has 4 aromatic rings. The van der Waals surface area contributed by atoms with Crippen molar-refractivity contribution in [3.8, 4) is 0 Å². The monoisotopic (exact) mass is 422 g/mol. The first-order valence-electron chi connectivity index (χ1n) is 9.94. The zero-order valence-electron chi connectivity index (χ0n) is 16.9. The predicted octanol–water partition coefficient (Wildman–Crippen LogP) is 1.88. The molecule has 0 fully saturated rings. The Hall–Kier alpha value is -3.95. The first-order valence-corrected chi connectivity index (χ1v) is 9.94. The maximum absolute atomic E-state index is 13.2. The number of methoxy groups -OCH3 is 1. The second kappa shape index (κ2) is 7.38. The Kier molecular flexibility index (Phi) is 4.54. The topological polar surface area (TPSA) is 101 Å². The molecule has 158 valence electrons. The van der Waals surface area contributed by atoms with Crippen LogP contribution in [0.4, 0.5) is 9.59 Å². The average Bonchev–Trinajstić information content (AvgIpc) is 3.27. The van der Waals surface area contributed by atoms with Gasteiger partial charge < -0.3 is 14.0 Å². The van der Waals surface area contributed by atoms with Crippen LogP contribution in [0.2, 0.25) is 0 Å². The Bertz CT molecular complexity index is 1400. The van der Waals surface area contributed by atoms with Crippen LogP contribution in [0.5, 0.6) is 0 Å². The number of pyridine rings is 1. The summed E-state index contributed by atoms with van der Waals surface area (Å²) in [5.74, 6) is 0.689. The molecule has 3 aromatic heterocycles.